The van der Waals surface area contributed by atoms with E-state index in [1.165, 1.54) is 17.5 Å². The zero-order chi connectivity index (χ0) is 26.6. The van der Waals surface area contributed by atoms with E-state index in [2.05, 4.69) is 65.5 Å². The highest BCUT2D eigenvalue weighted by molar-refractivity contribution is 5.90. The van der Waals surface area contributed by atoms with Gasteiger partial charge in [-0.05, 0) is 81.0 Å². The topological polar surface area (TPSA) is 64.7 Å². The van der Waals surface area contributed by atoms with Gasteiger partial charge in [0.2, 0.25) is 11.8 Å². The molecule has 2 saturated heterocycles. The first kappa shape index (κ1) is 28.1. The molecule has 2 amide bonds. The number of hydrogen-bond acceptors (Lipinski definition) is 4. The average Bonchev–Trinajstić information content (AvgIpc) is 3.33. The summed E-state index contributed by atoms with van der Waals surface area (Å²) in [5, 5.41) is 6.20. The first-order valence-electron chi connectivity index (χ1n) is 14.8. The molecule has 37 heavy (non-hydrogen) atoms. The van der Waals surface area contributed by atoms with Crippen LogP contribution in [0.4, 0.5) is 0 Å². The van der Waals surface area contributed by atoms with Crippen molar-refractivity contribution in [2.24, 2.45) is 11.8 Å². The lowest BCUT2D eigenvalue weighted by Gasteiger charge is -2.41. The van der Waals surface area contributed by atoms with Crippen LogP contribution in [0.15, 0.2) is 24.3 Å². The quantitative estimate of drug-likeness (QED) is 0.552. The Morgan fingerprint density at radius 3 is 2.32 bits per heavy atom. The molecule has 4 rings (SSSR count). The summed E-state index contributed by atoms with van der Waals surface area (Å²) in [6, 6.07) is 8.69. The van der Waals surface area contributed by atoms with Crippen molar-refractivity contribution < 1.29 is 9.59 Å². The summed E-state index contributed by atoms with van der Waals surface area (Å²) < 4.78 is 0. The third-order valence-corrected chi connectivity index (χ3v) is 9.28. The minimum atomic E-state index is -0.390. The van der Waals surface area contributed by atoms with Crippen LogP contribution in [0.25, 0.3) is 0 Å². The maximum atomic E-state index is 14.0. The molecule has 0 unspecified atom stereocenters. The number of likely N-dealkylation sites (tertiary alicyclic amines) is 2. The van der Waals surface area contributed by atoms with Crippen LogP contribution in [-0.2, 0) is 21.4 Å². The normalized spacial score (nSPS) is 24.9. The lowest BCUT2D eigenvalue weighted by atomic mass is 9.83. The molecule has 2 N–H and O–H groups in total. The van der Waals surface area contributed by atoms with Crippen molar-refractivity contribution in [2.75, 3.05) is 33.2 Å². The van der Waals surface area contributed by atoms with Crippen LogP contribution in [0.3, 0.4) is 0 Å². The second-order valence-corrected chi connectivity index (χ2v) is 12.8. The SMILES string of the molecule is CN[C@@H](C)C(=O)N[C@H](C(=O)N1CC[C@H]2CCN(CCc3ccc(C(C)(C)C)cc3)C[C@H]21)C1CCCCC1. The minimum absolute atomic E-state index is 0.0649. The number of piperidine rings is 1. The Bertz CT molecular complexity index is 903. The van der Waals surface area contributed by atoms with E-state index in [9.17, 15) is 9.59 Å². The summed E-state index contributed by atoms with van der Waals surface area (Å²) in [7, 11) is 1.79. The molecule has 2 aliphatic heterocycles. The molecule has 0 spiro atoms. The number of amides is 2. The maximum absolute atomic E-state index is 14.0. The molecule has 6 nitrogen and oxygen atoms in total. The molecule has 1 aromatic rings. The number of carbonyl (C=O) groups is 2. The van der Waals surface area contributed by atoms with Gasteiger partial charge in [-0.15, -0.1) is 0 Å². The van der Waals surface area contributed by atoms with E-state index in [4.69, 9.17) is 0 Å². The standard InChI is InChI=1S/C31H50N4O2/c1-22(32-5)29(36)33-28(25-9-7-6-8-10-25)30(37)35-20-17-24-16-19-34(21-27(24)35)18-15-23-11-13-26(14-12-23)31(2,3)4/h11-14,22,24-25,27-28,32H,6-10,15-21H2,1-5H3,(H,33,36)/t22-,24+,27+,28-/m0/s1. The largest absolute Gasteiger partial charge is 0.343 e. The Balaban J connectivity index is 1.39. The van der Waals surface area contributed by atoms with Gasteiger partial charge in [-0.1, -0.05) is 64.3 Å². The average molecular weight is 511 g/mol. The number of benzene rings is 1. The van der Waals surface area contributed by atoms with Crippen LogP contribution in [0.5, 0.6) is 0 Å². The fourth-order valence-corrected chi connectivity index (χ4v) is 6.58. The van der Waals surface area contributed by atoms with Gasteiger partial charge < -0.3 is 20.4 Å². The van der Waals surface area contributed by atoms with Crippen LogP contribution in [-0.4, -0.2) is 73.0 Å². The third kappa shape index (κ3) is 6.94. The van der Waals surface area contributed by atoms with E-state index < -0.39 is 0 Å². The van der Waals surface area contributed by atoms with Gasteiger partial charge in [0, 0.05) is 25.7 Å². The van der Waals surface area contributed by atoms with E-state index in [1.807, 2.05) is 6.92 Å². The summed E-state index contributed by atoms with van der Waals surface area (Å²) in [5.41, 5.74) is 2.94. The molecule has 1 saturated carbocycles. The van der Waals surface area contributed by atoms with Crippen molar-refractivity contribution in [1.29, 1.82) is 0 Å². The van der Waals surface area contributed by atoms with Gasteiger partial charge in [0.25, 0.3) is 0 Å². The summed E-state index contributed by atoms with van der Waals surface area (Å²) in [6.45, 7) is 12.6. The number of nitrogens with one attached hydrogen (secondary N) is 2. The Kier molecular flexibility index (Phi) is 9.33. The summed E-state index contributed by atoms with van der Waals surface area (Å²) in [5.74, 6) is 0.940. The van der Waals surface area contributed by atoms with Crippen molar-refractivity contribution in [1.82, 2.24) is 20.4 Å². The molecule has 0 radical (unpaired) electrons. The highest BCUT2D eigenvalue weighted by Crippen LogP contribution is 2.34. The van der Waals surface area contributed by atoms with Gasteiger partial charge in [-0.2, -0.15) is 0 Å². The van der Waals surface area contributed by atoms with E-state index in [0.29, 0.717) is 5.92 Å². The van der Waals surface area contributed by atoms with Crippen molar-refractivity contribution >= 4 is 11.8 Å². The third-order valence-electron chi connectivity index (χ3n) is 9.28. The van der Waals surface area contributed by atoms with Gasteiger partial charge in [0.1, 0.15) is 6.04 Å². The molecule has 206 valence electrons. The molecule has 0 bridgehead atoms. The van der Waals surface area contributed by atoms with Gasteiger partial charge >= 0.3 is 0 Å². The van der Waals surface area contributed by atoms with Crippen molar-refractivity contribution in [3.63, 3.8) is 0 Å². The monoisotopic (exact) mass is 510 g/mol. The summed E-state index contributed by atoms with van der Waals surface area (Å²) >= 11 is 0. The Morgan fingerprint density at radius 1 is 1.00 bits per heavy atom. The zero-order valence-corrected chi connectivity index (χ0v) is 23.9. The lowest BCUT2D eigenvalue weighted by molar-refractivity contribution is -0.140. The van der Waals surface area contributed by atoms with E-state index in [0.717, 1.165) is 71.1 Å². The fourth-order valence-electron chi connectivity index (χ4n) is 6.58. The van der Waals surface area contributed by atoms with Gasteiger partial charge in [-0.3, -0.25) is 9.59 Å². The van der Waals surface area contributed by atoms with Gasteiger partial charge in [0.05, 0.1) is 6.04 Å². The first-order valence-corrected chi connectivity index (χ1v) is 14.8. The maximum Gasteiger partial charge on any atom is 0.245 e. The number of carbonyl (C=O) groups excluding carboxylic acids is 2. The predicted molar refractivity (Wildman–Crippen MR) is 151 cm³/mol. The summed E-state index contributed by atoms with van der Waals surface area (Å²) in [4.78, 5) is 31.6. The molecule has 3 aliphatic rings. The molecule has 1 aliphatic carbocycles. The van der Waals surface area contributed by atoms with Crippen molar-refractivity contribution in [3.05, 3.63) is 35.4 Å². The Labute approximate surface area is 224 Å². The van der Waals surface area contributed by atoms with Crippen LogP contribution >= 0.6 is 0 Å². The van der Waals surface area contributed by atoms with Crippen LogP contribution in [0.1, 0.15) is 83.8 Å². The second-order valence-electron chi connectivity index (χ2n) is 12.8. The van der Waals surface area contributed by atoms with E-state index >= 15 is 0 Å². The van der Waals surface area contributed by atoms with Gasteiger partial charge in [0.15, 0.2) is 0 Å². The molecule has 1 aromatic carbocycles. The number of likely N-dealkylation sites (N-methyl/N-ethyl adjacent to an activating group) is 1. The number of hydrogen-bond donors (Lipinski definition) is 2. The first-order chi connectivity index (χ1) is 17.7. The lowest BCUT2D eigenvalue weighted by Crippen LogP contribution is -2.58. The fraction of sp³-hybridized carbons (Fsp3) is 0.742. The van der Waals surface area contributed by atoms with E-state index in [-0.39, 0.29) is 41.3 Å². The highest BCUT2D eigenvalue weighted by Gasteiger charge is 2.44. The smallest absolute Gasteiger partial charge is 0.245 e. The van der Waals surface area contributed by atoms with Crippen molar-refractivity contribution in [3.8, 4) is 0 Å². The van der Waals surface area contributed by atoms with Crippen molar-refractivity contribution in [2.45, 2.75) is 103 Å². The molecule has 4 atom stereocenters. The molecule has 2 heterocycles. The molecular weight excluding hydrogens is 460 g/mol. The Hall–Kier alpha value is -1.92. The number of rotatable bonds is 8. The molecule has 6 heteroatoms. The molecule has 3 fully saturated rings. The van der Waals surface area contributed by atoms with Gasteiger partial charge in [-0.25, -0.2) is 0 Å². The molecular formula is C31H50N4O2. The van der Waals surface area contributed by atoms with E-state index in [1.54, 1.807) is 7.05 Å². The predicted octanol–water partition coefficient (Wildman–Crippen LogP) is 4.12. The van der Waals surface area contributed by atoms with Crippen LogP contribution in [0, 0.1) is 11.8 Å². The highest BCUT2D eigenvalue weighted by atomic mass is 16.2. The number of nitrogens with zero attached hydrogens (tertiary/aromatic N) is 2. The molecule has 0 aromatic heterocycles. The number of fused-ring (bicyclic) bond motifs is 1. The van der Waals surface area contributed by atoms with Crippen LogP contribution in [0.2, 0.25) is 0 Å². The summed E-state index contributed by atoms with van der Waals surface area (Å²) in [6.07, 6.45) is 8.91. The second kappa shape index (κ2) is 12.3. The minimum Gasteiger partial charge on any atom is -0.343 e. The zero-order valence-electron chi connectivity index (χ0n) is 23.9. The van der Waals surface area contributed by atoms with Crippen LogP contribution < -0.4 is 10.6 Å². The Morgan fingerprint density at radius 2 is 1.68 bits per heavy atom.